The lowest BCUT2D eigenvalue weighted by Crippen LogP contribution is -2.27. The van der Waals surface area contributed by atoms with E-state index < -0.39 is 12.0 Å². The van der Waals surface area contributed by atoms with E-state index in [1.54, 1.807) is 18.3 Å². The summed E-state index contributed by atoms with van der Waals surface area (Å²) < 4.78 is 4.45. The Morgan fingerprint density at radius 3 is 3.00 bits per heavy atom. The van der Waals surface area contributed by atoms with Gasteiger partial charge in [0.1, 0.15) is 0 Å². The van der Waals surface area contributed by atoms with Crippen LogP contribution in [0.4, 0.5) is 0 Å². The van der Waals surface area contributed by atoms with Crippen molar-refractivity contribution in [1.29, 1.82) is 0 Å². The molecule has 1 rings (SSSR count). The van der Waals surface area contributed by atoms with Gasteiger partial charge < -0.3 is 14.9 Å². The Kier molecular flexibility index (Phi) is 2.84. The van der Waals surface area contributed by atoms with Gasteiger partial charge in [-0.2, -0.15) is 5.48 Å². The Morgan fingerprint density at radius 1 is 1.83 bits per heavy atom. The van der Waals surface area contributed by atoms with Crippen LogP contribution in [0, 0.1) is 0 Å². The van der Waals surface area contributed by atoms with E-state index in [2.05, 4.69) is 9.72 Å². The summed E-state index contributed by atoms with van der Waals surface area (Å²) >= 11 is 0. The summed E-state index contributed by atoms with van der Waals surface area (Å²) in [6, 6.07) is 2.55. The van der Waals surface area contributed by atoms with Crippen molar-refractivity contribution < 1.29 is 14.7 Å². The number of hydrogen-bond donors (Lipinski definition) is 3. The topological polar surface area (TPSA) is 74.3 Å². The number of H-pyrrole nitrogens is 1. The number of esters is 1. The first-order valence-corrected chi connectivity index (χ1v) is 3.40. The van der Waals surface area contributed by atoms with Crippen LogP contribution >= 0.6 is 0 Å². The molecule has 0 aliphatic rings. The fourth-order valence-corrected chi connectivity index (χ4v) is 0.891. The molecule has 0 radical (unpaired) electrons. The lowest BCUT2D eigenvalue weighted by molar-refractivity contribution is -0.146. The summed E-state index contributed by atoms with van der Waals surface area (Å²) in [5.41, 5.74) is 2.41. The van der Waals surface area contributed by atoms with E-state index in [0.717, 1.165) is 0 Å². The largest absolute Gasteiger partial charge is 0.467 e. The number of carbonyl (C=O) groups excluding carboxylic acids is 1. The summed E-state index contributed by atoms with van der Waals surface area (Å²) in [7, 11) is 1.26. The summed E-state index contributed by atoms with van der Waals surface area (Å²) in [4.78, 5) is 13.8. The number of carbonyl (C=O) groups is 1. The van der Waals surface area contributed by atoms with Crippen LogP contribution in [-0.2, 0) is 9.53 Å². The second-order valence-electron chi connectivity index (χ2n) is 2.21. The first-order valence-electron chi connectivity index (χ1n) is 3.40. The normalized spacial score (nSPS) is 12.5. The Morgan fingerprint density at radius 2 is 2.58 bits per heavy atom. The molecule has 66 valence electrons. The SMILES string of the molecule is COC(=O)[C@H](NO)c1ccc[nH]1. The molecule has 0 bridgehead atoms. The van der Waals surface area contributed by atoms with E-state index in [4.69, 9.17) is 5.21 Å². The van der Waals surface area contributed by atoms with E-state index in [0.29, 0.717) is 5.69 Å². The van der Waals surface area contributed by atoms with Gasteiger partial charge in [-0.15, -0.1) is 0 Å². The maximum atomic E-state index is 11.0. The van der Waals surface area contributed by atoms with Crippen LogP contribution in [0.1, 0.15) is 11.7 Å². The quantitative estimate of drug-likeness (QED) is 0.447. The molecule has 1 aromatic rings. The average molecular weight is 170 g/mol. The number of ether oxygens (including phenoxy) is 1. The highest BCUT2D eigenvalue weighted by atomic mass is 16.5. The molecule has 0 saturated heterocycles. The monoisotopic (exact) mass is 170 g/mol. The van der Waals surface area contributed by atoms with Gasteiger partial charge in [-0.3, -0.25) is 0 Å². The number of aromatic nitrogens is 1. The van der Waals surface area contributed by atoms with Crippen molar-refractivity contribution >= 4 is 5.97 Å². The average Bonchev–Trinajstić information content (AvgIpc) is 2.58. The van der Waals surface area contributed by atoms with Crippen molar-refractivity contribution in [2.45, 2.75) is 6.04 Å². The molecule has 0 spiro atoms. The standard InChI is InChI=1S/C7H10N2O3/c1-12-7(10)6(9-11)5-3-2-4-8-5/h2-4,6,8-9,11H,1H3/t6-/m1/s1. The van der Waals surface area contributed by atoms with E-state index in [1.165, 1.54) is 7.11 Å². The molecule has 0 amide bonds. The highest BCUT2D eigenvalue weighted by molar-refractivity contribution is 5.76. The summed E-state index contributed by atoms with van der Waals surface area (Å²) in [6.45, 7) is 0. The minimum Gasteiger partial charge on any atom is -0.467 e. The van der Waals surface area contributed by atoms with Gasteiger partial charge in [-0.1, -0.05) is 0 Å². The van der Waals surface area contributed by atoms with E-state index >= 15 is 0 Å². The predicted molar refractivity (Wildman–Crippen MR) is 40.5 cm³/mol. The fraction of sp³-hybridized carbons (Fsp3) is 0.286. The third-order valence-electron chi connectivity index (χ3n) is 1.50. The summed E-state index contributed by atoms with van der Waals surface area (Å²) in [5.74, 6) is -0.542. The summed E-state index contributed by atoms with van der Waals surface area (Å²) in [5, 5.41) is 8.63. The molecule has 0 unspecified atom stereocenters. The highest BCUT2D eigenvalue weighted by Gasteiger charge is 2.20. The number of rotatable bonds is 3. The highest BCUT2D eigenvalue weighted by Crippen LogP contribution is 2.10. The van der Waals surface area contributed by atoms with Crippen LogP contribution in [0.3, 0.4) is 0 Å². The van der Waals surface area contributed by atoms with Crippen LogP contribution < -0.4 is 5.48 Å². The Bertz CT molecular complexity index is 245. The van der Waals surface area contributed by atoms with Crippen molar-refractivity contribution in [3.05, 3.63) is 24.0 Å². The molecular weight excluding hydrogens is 160 g/mol. The van der Waals surface area contributed by atoms with E-state index in [-0.39, 0.29) is 0 Å². The van der Waals surface area contributed by atoms with Gasteiger partial charge in [0.05, 0.1) is 7.11 Å². The lowest BCUT2D eigenvalue weighted by atomic mass is 10.2. The zero-order valence-electron chi connectivity index (χ0n) is 6.57. The molecule has 3 N–H and O–H groups in total. The molecule has 1 atom stereocenters. The maximum Gasteiger partial charge on any atom is 0.331 e. The molecule has 0 aromatic carbocycles. The predicted octanol–water partition coefficient (Wildman–Crippen LogP) is 0.208. The molecule has 5 nitrogen and oxygen atoms in total. The first kappa shape index (κ1) is 8.76. The smallest absolute Gasteiger partial charge is 0.331 e. The Balaban J connectivity index is 2.76. The number of hydroxylamine groups is 1. The van der Waals surface area contributed by atoms with Crippen molar-refractivity contribution in [3.63, 3.8) is 0 Å². The minimum atomic E-state index is -0.843. The van der Waals surface area contributed by atoms with Crippen molar-refractivity contribution in [1.82, 2.24) is 10.5 Å². The van der Waals surface area contributed by atoms with Gasteiger partial charge in [-0.05, 0) is 12.1 Å². The molecule has 0 aliphatic carbocycles. The molecule has 0 fully saturated rings. The Labute approximate surface area is 69.3 Å². The molecule has 12 heavy (non-hydrogen) atoms. The molecule has 0 aliphatic heterocycles. The molecule has 1 heterocycles. The molecule has 5 heteroatoms. The van der Waals surface area contributed by atoms with Gasteiger partial charge >= 0.3 is 5.97 Å². The fourth-order valence-electron chi connectivity index (χ4n) is 0.891. The summed E-state index contributed by atoms with van der Waals surface area (Å²) in [6.07, 6.45) is 1.66. The van der Waals surface area contributed by atoms with Crippen molar-refractivity contribution in [3.8, 4) is 0 Å². The van der Waals surface area contributed by atoms with Crippen LogP contribution in [0.5, 0.6) is 0 Å². The minimum absolute atomic E-state index is 0.542. The zero-order valence-corrected chi connectivity index (χ0v) is 6.57. The second-order valence-corrected chi connectivity index (χ2v) is 2.21. The van der Waals surface area contributed by atoms with Crippen LogP contribution in [0.2, 0.25) is 0 Å². The molecular formula is C7H10N2O3. The zero-order chi connectivity index (χ0) is 8.97. The van der Waals surface area contributed by atoms with E-state index in [1.807, 2.05) is 5.48 Å². The lowest BCUT2D eigenvalue weighted by Gasteiger charge is -2.09. The number of hydrogen-bond acceptors (Lipinski definition) is 4. The maximum absolute atomic E-state index is 11.0. The van der Waals surface area contributed by atoms with E-state index in [9.17, 15) is 4.79 Å². The first-order chi connectivity index (χ1) is 5.79. The van der Waals surface area contributed by atoms with Crippen molar-refractivity contribution in [2.24, 2.45) is 0 Å². The molecule has 0 saturated carbocycles. The second kappa shape index (κ2) is 3.89. The van der Waals surface area contributed by atoms with Crippen LogP contribution in [-0.4, -0.2) is 23.3 Å². The Hall–Kier alpha value is -1.33. The van der Waals surface area contributed by atoms with Gasteiger partial charge in [0.15, 0.2) is 6.04 Å². The number of methoxy groups -OCH3 is 1. The van der Waals surface area contributed by atoms with Gasteiger partial charge in [0, 0.05) is 11.9 Å². The van der Waals surface area contributed by atoms with Gasteiger partial charge in [-0.25, -0.2) is 4.79 Å². The van der Waals surface area contributed by atoms with Crippen molar-refractivity contribution in [2.75, 3.05) is 7.11 Å². The molecule has 1 aromatic heterocycles. The van der Waals surface area contributed by atoms with Gasteiger partial charge in [0.25, 0.3) is 0 Å². The third kappa shape index (κ3) is 1.63. The van der Waals surface area contributed by atoms with Crippen LogP contribution in [0.25, 0.3) is 0 Å². The number of aromatic amines is 1. The van der Waals surface area contributed by atoms with Crippen LogP contribution in [0.15, 0.2) is 18.3 Å². The number of nitrogens with one attached hydrogen (secondary N) is 2. The van der Waals surface area contributed by atoms with Gasteiger partial charge in [0.2, 0.25) is 0 Å². The third-order valence-corrected chi connectivity index (χ3v) is 1.50.